The molecule has 3 atom stereocenters. The molecule has 0 saturated heterocycles. The Morgan fingerprint density at radius 2 is 2.28 bits per heavy atom. The summed E-state index contributed by atoms with van der Waals surface area (Å²) in [6.07, 6.45) is 6.53. The van der Waals surface area contributed by atoms with Gasteiger partial charge in [0.25, 0.3) is 0 Å². The van der Waals surface area contributed by atoms with E-state index in [1.807, 2.05) is 0 Å². The predicted molar refractivity (Wildman–Crippen MR) is 71.5 cm³/mol. The van der Waals surface area contributed by atoms with Gasteiger partial charge in [0.2, 0.25) is 0 Å². The Labute approximate surface area is 110 Å². The lowest BCUT2D eigenvalue weighted by Crippen LogP contribution is -2.57. The topological polar surface area (TPSA) is 69.6 Å². The Kier molecular flexibility index (Phi) is 6.09. The van der Waals surface area contributed by atoms with Gasteiger partial charge in [-0.1, -0.05) is 39.5 Å². The third-order valence-corrected chi connectivity index (χ3v) is 4.02. The van der Waals surface area contributed by atoms with Crippen LogP contribution in [0.25, 0.3) is 0 Å². The Balaban J connectivity index is 2.65. The van der Waals surface area contributed by atoms with Gasteiger partial charge in [-0.05, 0) is 25.2 Å². The number of aliphatic carboxylic acids is 1. The third-order valence-electron chi connectivity index (χ3n) is 4.02. The molecule has 0 aromatic heterocycles. The van der Waals surface area contributed by atoms with Crippen molar-refractivity contribution in [1.82, 2.24) is 5.32 Å². The summed E-state index contributed by atoms with van der Waals surface area (Å²) in [5.41, 5.74) is -0.380. The zero-order chi connectivity index (χ0) is 13.6. The van der Waals surface area contributed by atoms with Crippen LogP contribution in [0.4, 0.5) is 0 Å². The van der Waals surface area contributed by atoms with Gasteiger partial charge in [0.15, 0.2) is 0 Å². The minimum absolute atomic E-state index is 0.0350. The van der Waals surface area contributed by atoms with E-state index in [9.17, 15) is 15.0 Å². The maximum Gasteiger partial charge on any atom is 0.320 e. The van der Waals surface area contributed by atoms with E-state index in [4.69, 9.17) is 0 Å². The van der Waals surface area contributed by atoms with Crippen LogP contribution in [0.1, 0.15) is 58.8 Å². The molecule has 0 aromatic rings. The van der Waals surface area contributed by atoms with Gasteiger partial charge in [-0.3, -0.25) is 10.1 Å². The molecule has 1 rings (SSSR count). The number of hydrogen-bond acceptors (Lipinski definition) is 3. The molecule has 1 saturated carbocycles. The molecule has 1 aliphatic rings. The van der Waals surface area contributed by atoms with Crippen LogP contribution in [0, 0.1) is 5.92 Å². The SMILES string of the molecule is CCCCC(NC1(CO)CCCC(C)C1)C(=O)O. The highest BCUT2D eigenvalue weighted by Crippen LogP contribution is 2.32. The van der Waals surface area contributed by atoms with Crippen LogP contribution in [-0.2, 0) is 4.79 Å². The fraction of sp³-hybridized carbons (Fsp3) is 0.929. The van der Waals surface area contributed by atoms with Crippen molar-refractivity contribution in [3.63, 3.8) is 0 Å². The van der Waals surface area contributed by atoms with Crippen molar-refractivity contribution in [1.29, 1.82) is 0 Å². The van der Waals surface area contributed by atoms with E-state index in [0.717, 1.165) is 32.1 Å². The minimum atomic E-state index is -0.797. The van der Waals surface area contributed by atoms with Crippen molar-refractivity contribution in [3.05, 3.63) is 0 Å². The second-order valence-corrected chi connectivity index (χ2v) is 5.82. The molecule has 0 amide bonds. The highest BCUT2D eigenvalue weighted by molar-refractivity contribution is 5.73. The quantitative estimate of drug-likeness (QED) is 0.653. The molecule has 0 spiro atoms. The molecule has 4 heteroatoms. The van der Waals surface area contributed by atoms with Gasteiger partial charge in [-0.2, -0.15) is 0 Å². The number of hydrogen-bond donors (Lipinski definition) is 3. The van der Waals surface area contributed by atoms with E-state index in [1.54, 1.807) is 0 Å². The minimum Gasteiger partial charge on any atom is -0.480 e. The molecule has 1 aliphatic carbocycles. The first kappa shape index (κ1) is 15.4. The van der Waals surface area contributed by atoms with Gasteiger partial charge in [0.05, 0.1) is 6.61 Å². The monoisotopic (exact) mass is 257 g/mol. The first-order chi connectivity index (χ1) is 8.53. The Morgan fingerprint density at radius 1 is 1.56 bits per heavy atom. The maximum atomic E-state index is 11.3. The molecular formula is C14H27NO3. The van der Waals surface area contributed by atoms with E-state index in [2.05, 4.69) is 19.2 Å². The van der Waals surface area contributed by atoms with Gasteiger partial charge in [0.1, 0.15) is 6.04 Å². The number of aliphatic hydroxyl groups is 1. The number of nitrogens with one attached hydrogen (secondary N) is 1. The van der Waals surface area contributed by atoms with Gasteiger partial charge < -0.3 is 10.2 Å². The zero-order valence-electron chi connectivity index (χ0n) is 11.6. The Bertz CT molecular complexity index is 270. The van der Waals surface area contributed by atoms with Crippen LogP contribution in [0.3, 0.4) is 0 Å². The van der Waals surface area contributed by atoms with E-state index in [1.165, 1.54) is 6.42 Å². The highest BCUT2D eigenvalue weighted by Gasteiger charge is 2.37. The van der Waals surface area contributed by atoms with E-state index >= 15 is 0 Å². The molecule has 106 valence electrons. The van der Waals surface area contributed by atoms with E-state index < -0.39 is 12.0 Å². The number of unbranched alkanes of at least 4 members (excludes halogenated alkanes) is 1. The van der Waals surface area contributed by atoms with Gasteiger partial charge in [0, 0.05) is 5.54 Å². The largest absolute Gasteiger partial charge is 0.480 e. The molecule has 1 fully saturated rings. The Hall–Kier alpha value is -0.610. The van der Waals surface area contributed by atoms with Crippen molar-refractivity contribution in [2.24, 2.45) is 5.92 Å². The predicted octanol–water partition coefficient (Wildman–Crippen LogP) is 2.16. The summed E-state index contributed by atoms with van der Waals surface area (Å²) in [4.78, 5) is 11.3. The summed E-state index contributed by atoms with van der Waals surface area (Å²) in [6, 6.07) is -0.526. The van der Waals surface area contributed by atoms with Crippen LogP contribution in [0.5, 0.6) is 0 Å². The van der Waals surface area contributed by atoms with Crippen molar-refractivity contribution in [3.8, 4) is 0 Å². The van der Waals surface area contributed by atoms with Gasteiger partial charge >= 0.3 is 5.97 Å². The zero-order valence-corrected chi connectivity index (χ0v) is 11.6. The standard InChI is InChI=1S/C14H27NO3/c1-3-4-7-12(13(17)18)15-14(10-16)8-5-6-11(2)9-14/h11-12,15-16H,3-10H2,1-2H3,(H,17,18). The lowest BCUT2D eigenvalue weighted by molar-refractivity contribution is -0.140. The number of carboxylic acid groups (broad SMARTS) is 1. The third kappa shape index (κ3) is 4.25. The number of carbonyl (C=O) groups is 1. The molecule has 18 heavy (non-hydrogen) atoms. The van der Waals surface area contributed by atoms with Crippen molar-refractivity contribution in [2.75, 3.05) is 6.61 Å². The molecular weight excluding hydrogens is 230 g/mol. The molecule has 0 bridgehead atoms. The lowest BCUT2D eigenvalue weighted by Gasteiger charge is -2.41. The summed E-state index contributed by atoms with van der Waals surface area (Å²) >= 11 is 0. The fourth-order valence-electron chi connectivity index (χ4n) is 3.02. The molecule has 0 aromatic carbocycles. The smallest absolute Gasteiger partial charge is 0.320 e. The van der Waals surface area contributed by atoms with Crippen LogP contribution in [-0.4, -0.2) is 34.4 Å². The van der Waals surface area contributed by atoms with E-state index in [-0.39, 0.29) is 12.1 Å². The molecule has 3 N–H and O–H groups in total. The molecule has 3 unspecified atom stereocenters. The summed E-state index contributed by atoms with van der Waals surface area (Å²) in [5, 5.41) is 22.2. The number of rotatable bonds is 7. The first-order valence-corrected chi connectivity index (χ1v) is 7.14. The van der Waals surface area contributed by atoms with Crippen molar-refractivity contribution < 1.29 is 15.0 Å². The summed E-state index contributed by atoms with van der Waals surface area (Å²) in [7, 11) is 0. The van der Waals surface area contributed by atoms with Crippen LogP contribution in [0.2, 0.25) is 0 Å². The summed E-state index contributed by atoms with van der Waals surface area (Å²) in [6.45, 7) is 4.27. The summed E-state index contributed by atoms with van der Waals surface area (Å²) < 4.78 is 0. The second-order valence-electron chi connectivity index (χ2n) is 5.82. The average Bonchev–Trinajstić information content (AvgIpc) is 2.34. The summed E-state index contributed by atoms with van der Waals surface area (Å²) in [5.74, 6) is -0.242. The van der Waals surface area contributed by atoms with Gasteiger partial charge in [-0.15, -0.1) is 0 Å². The van der Waals surface area contributed by atoms with Gasteiger partial charge in [-0.25, -0.2) is 0 Å². The van der Waals surface area contributed by atoms with E-state index in [0.29, 0.717) is 12.3 Å². The van der Waals surface area contributed by atoms with Crippen LogP contribution in [0.15, 0.2) is 0 Å². The second kappa shape index (κ2) is 7.10. The molecule has 0 heterocycles. The van der Waals surface area contributed by atoms with Crippen LogP contribution >= 0.6 is 0 Å². The number of aliphatic hydroxyl groups excluding tert-OH is 1. The normalized spacial score (nSPS) is 30.1. The molecule has 0 aliphatic heterocycles. The number of carboxylic acids is 1. The maximum absolute atomic E-state index is 11.3. The molecule has 4 nitrogen and oxygen atoms in total. The lowest BCUT2D eigenvalue weighted by atomic mass is 9.76. The van der Waals surface area contributed by atoms with Crippen molar-refractivity contribution >= 4 is 5.97 Å². The first-order valence-electron chi connectivity index (χ1n) is 7.14. The average molecular weight is 257 g/mol. The van der Waals surface area contributed by atoms with Crippen molar-refractivity contribution in [2.45, 2.75) is 70.4 Å². The van der Waals surface area contributed by atoms with Crippen LogP contribution < -0.4 is 5.32 Å². The Morgan fingerprint density at radius 3 is 2.78 bits per heavy atom. The molecule has 0 radical (unpaired) electrons. The fourth-order valence-corrected chi connectivity index (χ4v) is 3.02. The highest BCUT2D eigenvalue weighted by atomic mass is 16.4.